The number of thiophene rings is 1. The van der Waals surface area contributed by atoms with Crippen molar-refractivity contribution in [1.29, 1.82) is 0 Å². The normalized spacial score (nSPS) is 17.4. The molecule has 50 heavy (non-hydrogen) atoms. The number of alkyl halides is 6. The molecule has 266 valence electrons. The van der Waals surface area contributed by atoms with Crippen LogP contribution in [0, 0.1) is 11.7 Å². The minimum Gasteiger partial charge on any atom is -0.496 e. The standard InChI is InChI=1S/C26H23F3N2O4S2.C8H7F4N/c1-35-20-6-3-13(17-9-18(17)25(34)31-10-15(11-31)36-2)7-19(20)24(33)30-23-16-5-4-14(26(27,28)29)8-21(16)37-22(23)12-32;1-13-5-2-3-7(9)6(4-5)8(10,11)12/h3-8,12,15,17-18H,9-11H2,1-2H3,(H,30,33);2-4,13H,1H3. The van der Waals surface area contributed by atoms with Crippen LogP contribution in [-0.2, 0) is 17.1 Å². The van der Waals surface area contributed by atoms with Crippen LogP contribution in [0.15, 0.2) is 54.6 Å². The highest BCUT2D eigenvalue weighted by Gasteiger charge is 2.48. The van der Waals surface area contributed by atoms with Crippen LogP contribution in [0.5, 0.6) is 5.75 Å². The lowest BCUT2D eigenvalue weighted by Gasteiger charge is -2.38. The van der Waals surface area contributed by atoms with E-state index in [0.29, 0.717) is 29.1 Å². The van der Waals surface area contributed by atoms with Gasteiger partial charge < -0.3 is 20.3 Å². The molecule has 2 N–H and O–H groups in total. The first-order valence-electron chi connectivity index (χ1n) is 15.0. The van der Waals surface area contributed by atoms with E-state index in [0.717, 1.165) is 54.3 Å². The Labute approximate surface area is 290 Å². The Morgan fingerprint density at radius 1 is 1.00 bits per heavy atom. The van der Waals surface area contributed by atoms with Gasteiger partial charge in [0.15, 0.2) is 6.29 Å². The number of nitrogens with one attached hydrogen (secondary N) is 2. The third kappa shape index (κ3) is 7.85. The Morgan fingerprint density at radius 3 is 2.32 bits per heavy atom. The SMILES string of the molecule is CNc1ccc(F)c(C(F)(F)F)c1.COc1ccc(C2CC2C(=O)N2CC(SC)C2)cc1C(=O)Nc1c(C=O)sc2cc(C(F)(F)F)ccc12. The number of hydrogen-bond acceptors (Lipinski definition) is 7. The number of rotatable bonds is 8. The van der Waals surface area contributed by atoms with Crippen molar-refractivity contribution in [3.8, 4) is 5.75 Å². The zero-order valence-corrected chi connectivity index (χ0v) is 28.3. The van der Waals surface area contributed by atoms with E-state index in [2.05, 4.69) is 10.6 Å². The van der Waals surface area contributed by atoms with Crippen molar-refractivity contribution in [2.24, 2.45) is 5.92 Å². The van der Waals surface area contributed by atoms with Crippen molar-refractivity contribution >= 4 is 62.7 Å². The minimum absolute atomic E-state index is 0.00610. The lowest BCUT2D eigenvalue weighted by molar-refractivity contribution is -0.140. The van der Waals surface area contributed by atoms with E-state index in [1.165, 1.54) is 26.3 Å². The molecule has 0 radical (unpaired) electrons. The van der Waals surface area contributed by atoms with Gasteiger partial charge in [0.25, 0.3) is 5.91 Å². The summed E-state index contributed by atoms with van der Waals surface area (Å²) in [6.07, 6.45) is -5.91. The number of thioether (sulfide) groups is 1. The number of carbonyl (C=O) groups is 3. The first kappa shape index (κ1) is 37.0. The van der Waals surface area contributed by atoms with Crippen LogP contribution in [0.4, 0.5) is 42.1 Å². The van der Waals surface area contributed by atoms with Gasteiger partial charge in [0.1, 0.15) is 11.6 Å². The number of hydrogen-bond donors (Lipinski definition) is 2. The number of nitrogens with zero attached hydrogens (tertiary/aromatic N) is 1. The van der Waals surface area contributed by atoms with Crippen molar-refractivity contribution in [1.82, 2.24) is 4.90 Å². The van der Waals surface area contributed by atoms with Crippen LogP contribution in [0.1, 0.15) is 49.1 Å². The largest absolute Gasteiger partial charge is 0.496 e. The third-order valence-electron chi connectivity index (χ3n) is 8.45. The molecular formula is C34H30F7N3O4S2. The predicted molar refractivity (Wildman–Crippen MR) is 179 cm³/mol. The number of amides is 2. The number of likely N-dealkylation sites (tertiary alicyclic amines) is 1. The molecule has 1 saturated carbocycles. The molecule has 0 spiro atoms. The highest BCUT2D eigenvalue weighted by atomic mass is 32.2. The minimum atomic E-state index is -4.64. The topological polar surface area (TPSA) is 87.7 Å². The first-order valence-corrected chi connectivity index (χ1v) is 17.1. The van der Waals surface area contributed by atoms with Gasteiger partial charge in [-0.3, -0.25) is 14.4 Å². The maximum Gasteiger partial charge on any atom is 0.419 e. The average Bonchev–Trinajstić information content (AvgIpc) is 3.79. The Morgan fingerprint density at radius 2 is 1.72 bits per heavy atom. The molecule has 7 nitrogen and oxygen atoms in total. The smallest absolute Gasteiger partial charge is 0.419 e. The third-order valence-corrected chi connectivity index (χ3v) is 10.5. The Bertz CT molecular complexity index is 1920. The van der Waals surface area contributed by atoms with Crippen LogP contribution in [0.2, 0.25) is 0 Å². The molecule has 2 fully saturated rings. The van der Waals surface area contributed by atoms with Crippen molar-refractivity contribution in [3.05, 3.63) is 87.5 Å². The van der Waals surface area contributed by atoms with Gasteiger partial charge in [0.05, 0.1) is 34.4 Å². The molecule has 2 aliphatic rings. The fourth-order valence-corrected chi connectivity index (χ4v) is 7.23. The van der Waals surface area contributed by atoms with Gasteiger partial charge in [0.2, 0.25) is 5.91 Å². The molecule has 1 aliphatic carbocycles. The lowest BCUT2D eigenvalue weighted by atomic mass is 10.0. The van der Waals surface area contributed by atoms with Crippen molar-refractivity contribution < 1.29 is 49.9 Å². The second-order valence-corrected chi connectivity index (χ2v) is 13.8. The summed E-state index contributed by atoms with van der Waals surface area (Å²) >= 11 is 2.63. The molecule has 16 heteroatoms. The van der Waals surface area contributed by atoms with E-state index in [1.54, 1.807) is 23.9 Å². The van der Waals surface area contributed by atoms with E-state index in [9.17, 15) is 45.1 Å². The monoisotopic (exact) mass is 741 g/mol. The molecular weight excluding hydrogens is 712 g/mol. The van der Waals surface area contributed by atoms with Gasteiger partial charge in [-0.05, 0) is 66.6 Å². The number of methoxy groups -OCH3 is 1. The number of benzene rings is 3. The summed E-state index contributed by atoms with van der Waals surface area (Å²) in [5.41, 5.74) is -0.643. The zero-order chi connectivity index (χ0) is 36.5. The Kier molecular flexibility index (Phi) is 10.7. The van der Waals surface area contributed by atoms with Gasteiger partial charge in [-0.1, -0.05) is 12.1 Å². The highest BCUT2D eigenvalue weighted by molar-refractivity contribution is 7.99. The molecule has 4 aromatic rings. The van der Waals surface area contributed by atoms with Crippen LogP contribution >= 0.6 is 23.1 Å². The van der Waals surface area contributed by atoms with Gasteiger partial charge in [0, 0.05) is 47.1 Å². The second kappa shape index (κ2) is 14.5. The fraction of sp³-hybridized carbons (Fsp3) is 0.324. The zero-order valence-electron chi connectivity index (χ0n) is 26.7. The number of fused-ring (bicyclic) bond motifs is 1. The average molecular weight is 742 g/mol. The highest BCUT2D eigenvalue weighted by Crippen LogP contribution is 2.50. The molecule has 6 rings (SSSR count). The van der Waals surface area contributed by atoms with Crippen molar-refractivity contribution in [2.75, 3.05) is 44.1 Å². The molecule has 2 unspecified atom stereocenters. The molecule has 1 aliphatic heterocycles. The Balaban J connectivity index is 0.000000315. The second-order valence-electron chi connectivity index (χ2n) is 11.6. The number of anilines is 2. The number of ether oxygens (including phenoxy) is 1. The lowest BCUT2D eigenvalue weighted by Crippen LogP contribution is -2.52. The number of halogens is 7. The quantitative estimate of drug-likeness (QED) is 0.139. The van der Waals surface area contributed by atoms with E-state index in [1.807, 2.05) is 17.2 Å². The maximum absolute atomic E-state index is 13.3. The number of aldehydes is 1. The van der Waals surface area contributed by atoms with Gasteiger partial charge >= 0.3 is 12.4 Å². The van der Waals surface area contributed by atoms with Gasteiger partial charge in [-0.2, -0.15) is 38.1 Å². The van der Waals surface area contributed by atoms with E-state index in [-0.39, 0.29) is 44.3 Å². The van der Waals surface area contributed by atoms with E-state index in [4.69, 9.17) is 4.74 Å². The van der Waals surface area contributed by atoms with Crippen LogP contribution in [0.3, 0.4) is 0 Å². The maximum atomic E-state index is 13.3. The number of carbonyl (C=O) groups excluding carboxylic acids is 3. The fourth-order valence-electron chi connectivity index (χ4n) is 5.55. The van der Waals surface area contributed by atoms with E-state index < -0.39 is 35.2 Å². The van der Waals surface area contributed by atoms with Crippen LogP contribution < -0.4 is 15.4 Å². The van der Waals surface area contributed by atoms with Crippen LogP contribution in [-0.4, -0.2) is 61.8 Å². The summed E-state index contributed by atoms with van der Waals surface area (Å²) in [5.74, 6) is -1.48. The predicted octanol–water partition coefficient (Wildman–Crippen LogP) is 8.56. The summed E-state index contributed by atoms with van der Waals surface area (Å²) in [4.78, 5) is 39.7. The molecule has 2 amide bonds. The summed E-state index contributed by atoms with van der Waals surface area (Å²) in [7, 11) is 2.89. The molecule has 1 aromatic heterocycles. The summed E-state index contributed by atoms with van der Waals surface area (Å²) in [6, 6.07) is 11.1. The molecule has 1 saturated heterocycles. The van der Waals surface area contributed by atoms with Crippen molar-refractivity contribution in [3.63, 3.8) is 0 Å². The Hall–Kier alpha value is -4.31. The van der Waals surface area contributed by atoms with Crippen LogP contribution in [0.25, 0.3) is 10.1 Å². The molecule has 0 bridgehead atoms. The first-order chi connectivity index (χ1) is 23.6. The molecule has 2 heterocycles. The molecule has 2 atom stereocenters. The van der Waals surface area contributed by atoms with Crippen molar-refractivity contribution in [2.45, 2.75) is 29.9 Å². The van der Waals surface area contributed by atoms with Gasteiger partial charge in [-0.15, -0.1) is 11.3 Å². The molecule has 3 aromatic carbocycles. The summed E-state index contributed by atoms with van der Waals surface area (Å²) in [6.45, 7) is 1.52. The van der Waals surface area contributed by atoms with Gasteiger partial charge in [-0.25, -0.2) is 4.39 Å². The van der Waals surface area contributed by atoms with E-state index >= 15 is 0 Å². The summed E-state index contributed by atoms with van der Waals surface area (Å²) in [5, 5.41) is 6.03. The summed E-state index contributed by atoms with van der Waals surface area (Å²) < 4.78 is 94.0.